The Labute approximate surface area is 77.2 Å². The Hall–Kier alpha value is -0.630. The van der Waals surface area contributed by atoms with E-state index in [9.17, 15) is 0 Å². The van der Waals surface area contributed by atoms with Gasteiger partial charge in [-0.15, -0.1) is 11.3 Å². The lowest BCUT2D eigenvalue weighted by Crippen LogP contribution is -1.95. The molecule has 0 unspecified atom stereocenters. The van der Waals surface area contributed by atoms with Crippen molar-refractivity contribution in [2.45, 2.75) is 25.7 Å². The summed E-state index contributed by atoms with van der Waals surface area (Å²) in [5.41, 5.74) is 1.92. The minimum atomic E-state index is 0.909. The lowest BCUT2D eigenvalue weighted by atomic mass is 10.0. The van der Waals surface area contributed by atoms with Crippen LogP contribution in [0.15, 0.2) is 23.9 Å². The number of allylic oxidation sites excluding steroid dienone is 2. The van der Waals surface area contributed by atoms with Crippen LogP contribution in [0.4, 0.5) is 0 Å². The van der Waals surface area contributed by atoms with Crippen LogP contribution in [-0.4, -0.2) is 4.98 Å². The van der Waals surface area contributed by atoms with Crippen molar-refractivity contribution in [1.82, 2.24) is 4.98 Å². The Bertz CT molecular complexity index is 243. The number of thiazole rings is 1. The molecule has 0 bridgehead atoms. The van der Waals surface area contributed by atoms with Crippen LogP contribution >= 0.6 is 11.3 Å². The second kappa shape index (κ2) is 3.85. The molecule has 1 aromatic heterocycles. The lowest BCUT2D eigenvalue weighted by Gasteiger charge is -2.06. The van der Waals surface area contributed by atoms with Gasteiger partial charge in [0.1, 0.15) is 0 Å². The minimum Gasteiger partial charge on any atom is -0.253 e. The maximum atomic E-state index is 4.07. The van der Waals surface area contributed by atoms with Crippen molar-refractivity contribution < 1.29 is 0 Å². The zero-order chi connectivity index (χ0) is 8.23. The van der Waals surface area contributed by atoms with Crippen LogP contribution < -0.4 is 0 Å². The summed E-state index contributed by atoms with van der Waals surface area (Å²) < 4.78 is 0. The number of hydrogen-bond donors (Lipinski definition) is 0. The largest absolute Gasteiger partial charge is 0.253 e. The second-order valence-electron chi connectivity index (χ2n) is 3.32. The molecule has 1 nitrogen and oxygen atoms in total. The molecule has 0 saturated carbocycles. The number of nitrogens with zero attached hydrogens (tertiary/aromatic N) is 1. The Morgan fingerprint density at radius 3 is 2.92 bits per heavy atom. The maximum Gasteiger partial charge on any atom is 0.0794 e. The third-order valence-corrected chi connectivity index (χ3v) is 3.23. The molecule has 0 saturated heterocycles. The summed E-state index contributed by atoms with van der Waals surface area (Å²) in [4.78, 5) is 5.50. The molecule has 0 aliphatic heterocycles. The van der Waals surface area contributed by atoms with E-state index in [1.165, 1.54) is 30.6 Å². The fraction of sp³-hybridized carbons (Fsp3) is 0.500. The first-order valence-electron chi connectivity index (χ1n) is 4.47. The van der Waals surface area contributed by atoms with E-state index < -0.39 is 0 Å². The van der Waals surface area contributed by atoms with Gasteiger partial charge in [-0.1, -0.05) is 12.2 Å². The van der Waals surface area contributed by atoms with Gasteiger partial charge >= 0.3 is 0 Å². The molecule has 12 heavy (non-hydrogen) atoms. The maximum absolute atomic E-state index is 4.07. The second-order valence-corrected chi connectivity index (χ2v) is 4.29. The zero-order valence-corrected chi connectivity index (χ0v) is 7.89. The molecule has 0 N–H and O–H groups in total. The first-order valence-corrected chi connectivity index (χ1v) is 5.35. The van der Waals surface area contributed by atoms with Crippen LogP contribution in [0.5, 0.6) is 0 Å². The molecular formula is C10H13NS. The molecule has 0 aromatic carbocycles. The van der Waals surface area contributed by atoms with Crippen molar-refractivity contribution in [3.8, 4) is 0 Å². The van der Waals surface area contributed by atoms with E-state index in [0.717, 1.165) is 5.92 Å². The van der Waals surface area contributed by atoms with Crippen molar-refractivity contribution in [3.05, 3.63) is 28.7 Å². The lowest BCUT2D eigenvalue weighted by molar-refractivity contribution is 0.523. The highest BCUT2D eigenvalue weighted by molar-refractivity contribution is 7.09. The molecule has 0 amide bonds. The summed E-state index contributed by atoms with van der Waals surface area (Å²) in [5.74, 6) is 0.909. The van der Waals surface area contributed by atoms with Crippen LogP contribution in [-0.2, 0) is 6.42 Å². The van der Waals surface area contributed by atoms with E-state index >= 15 is 0 Å². The SMILES string of the molecule is C1=CCC(CCc2cncs2)C1. The Morgan fingerprint density at radius 1 is 1.42 bits per heavy atom. The minimum absolute atomic E-state index is 0.909. The highest BCUT2D eigenvalue weighted by Gasteiger charge is 2.09. The van der Waals surface area contributed by atoms with Crippen molar-refractivity contribution in [1.29, 1.82) is 0 Å². The third kappa shape index (κ3) is 1.95. The smallest absolute Gasteiger partial charge is 0.0794 e. The van der Waals surface area contributed by atoms with E-state index in [-0.39, 0.29) is 0 Å². The fourth-order valence-electron chi connectivity index (χ4n) is 1.62. The molecule has 1 aliphatic rings. The van der Waals surface area contributed by atoms with Gasteiger partial charge in [0, 0.05) is 11.1 Å². The molecule has 1 aliphatic carbocycles. The highest BCUT2D eigenvalue weighted by Crippen LogP contribution is 2.23. The van der Waals surface area contributed by atoms with Gasteiger partial charge in [-0.25, -0.2) is 0 Å². The van der Waals surface area contributed by atoms with Gasteiger partial charge in [0.2, 0.25) is 0 Å². The van der Waals surface area contributed by atoms with Gasteiger partial charge in [0.25, 0.3) is 0 Å². The molecule has 2 rings (SSSR count). The summed E-state index contributed by atoms with van der Waals surface area (Å²) in [6.45, 7) is 0. The monoisotopic (exact) mass is 179 g/mol. The quantitative estimate of drug-likeness (QED) is 0.650. The van der Waals surface area contributed by atoms with E-state index in [1.54, 1.807) is 11.3 Å². The van der Waals surface area contributed by atoms with Crippen molar-refractivity contribution >= 4 is 11.3 Å². The summed E-state index contributed by atoms with van der Waals surface area (Å²) >= 11 is 1.77. The molecule has 1 heterocycles. The van der Waals surface area contributed by atoms with E-state index in [2.05, 4.69) is 17.1 Å². The van der Waals surface area contributed by atoms with Crippen molar-refractivity contribution in [2.75, 3.05) is 0 Å². The predicted molar refractivity (Wildman–Crippen MR) is 52.3 cm³/mol. The predicted octanol–water partition coefficient (Wildman–Crippen LogP) is 3.04. The van der Waals surface area contributed by atoms with Crippen LogP contribution in [0.3, 0.4) is 0 Å². The average molecular weight is 179 g/mol. The van der Waals surface area contributed by atoms with Gasteiger partial charge < -0.3 is 0 Å². The van der Waals surface area contributed by atoms with E-state index in [0.29, 0.717) is 0 Å². The zero-order valence-electron chi connectivity index (χ0n) is 7.07. The third-order valence-electron chi connectivity index (χ3n) is 2.39. The van der Waals surface area contributed by atoms with Gasteiger partial charge in [-0.05, 0) is 31.6 Å². The normalized spacial score (nSPS) is 17.3. The Kier molecular flexibility index (Phi) is 2.57. The van der Waals surface area contributed by atoms with Crippen LogP contribution in [0, 0.1) is 5.92 Å². The van der Waals surface area contributed by atoms with Gasteiger partial charge in [0.05, 0.1) is 5.51 Å². The molecule has 2 heteroatoms. The molecule has 0 fully saturated rings. The summed E-state index contributed by atoms with van der Waals surface area (Å²) in [7, 11) is 0. The van der Waals surface area contributed by atoms with Crippen molar-refractivity contribution in [2.24, 2.45) is 5.92 Å². The summed E-state index contributed by atoms with van der Waals surface area (Å²) in [6.07, 6.45) is 11.7. The number of aromatic nitrogens is 1. The fourth-order valence-corrected chi connectivity index (χ4v) is 2.24. The molecule has 0 atom stereocenters. The van der Waals surface area contributed by atoms with Gasteiger partial charge in [0.15, 0.2) is 0 Å². The van der Waals surface area contributed by atoms with Crippen LogP contribution in [0.25, 0.3) is 0 Å². The number of aryl methyl sites for hydroxylation is 1. The van der Waals surface area contributed by atoms with E-state index in [4.69, 9.17) is 0 Å². The van der Waals surface area contributed by atoms with Gasteiger partial charge in [-0.2, -0.15) is 0 Å². The Morgan fingerprint density at radius 2 is 2.25 bits per heavy atom. The molecule has 1 aromatic rings. The first-order chi connectivity index (χ1) is 5.95. The number of rotatable bonds is 3. The molecule has 64 valence electrons. The first kappa shape index (κ1) is 7.99. The van der Waals surface area contributed by atoms with Gasteiger partial charge in [-0.3, -0.25) is 4.98 Å². The van der Waals surface area contributed by atoms with Crippen LogP contribution in [0.2, 0.25) is 0 Å². The molecule has 0 radical (unpaired) electrons. The highest BCUT2D eigenvalue weighted by atomic mass is 32.1. The standard InChI is InChI=1S/C10H13NS/c1-2-4-9(3-1)5-6-10-7-11-8-12-10/h1-2,7-9H,3-6H2. The summed E-state index contributed by atoms with van der Waals surface area (Å²) in [5, 5.41) is 0. The molecule has 0 spiro atoms. The van der Waals surface area contributed by atoms with Crippen molar-refractivity contribution in [3.63, 3.8) is 0 Å². The van der Waals surface area contributed by atoms with E-state index in [1.807, 2.05) is 11.7 Å². The Balaban J connectivity index is 1.75. The topological polar surface area (TPSA) is 12.9 Å². The van der Waals surface area contributed by atoms with Crippen LogP contribution in [0.1, 0.15) is 24.1 Å². The number of hydrogen-bond acceptors (Lipinski definition) is 2. The summed E-state index contributed by atoms with van der Waals surface area (Å²) in [6, 6.07) is 0. The molecular weight excluding hydrogens is 166 g/mol. The average Bonchev–Trinajstić information content (AvgIpc) is 2.74.